The second-order valence-corrected chi connectivity index (χ2v) is 7.83. The molecule has 1 unspecified atom stereocenters. The van der Waals surface area contributed by atoms with Crippen LogP contribution >= 0.6 is 11.6 Å². The molecule has 0 bridgehead atoms. The molecule has 0 saturated carbocycles. The van der Waals surface area contributed by atoms with Crippen LogP contribution in [-0.2, 0) is 6.54 Å². The highest BCUT2D eigenvalue weighted by Gasteiger charge is 2.43. The van der Waals surface area contributed by atoms with Gasteiger partial charge in [-0.3, -0.25) is 9.59 Å². The van der Waals surface area contributed by atoms with Crippen LogP contribution in [0.3, 0.4) is 0 Å². The highest BCUT2D eigenvalue weighted by Crippen LogP contribution is 2.39. The van der Waals surface area contributed by atoms with Crippen LogP contribution < -0.4 is 5.43 Å². The smallest absolute Gasteiger partial charge is 0.290 e. The van der Waals surface area contributed by atoms with E-state index in [1.165, 1.54) is 17.0 Å². The van der Waals surface area contributed by atoms with Crippen LogP contribution in [0.4, 0.5) is 4.39 Å². The van der Waals surface area contributed by atoms with E-state index in [1.807, 2.05) is 10.8 Å². The van der Waals surface area contributed by atoms with Crippen LogP contribution in [0, 0.1) is 5.82 Å². The van der Waals surface area contributed by atoms with Gasteiger partial charge in [-0.15, -0.1) is 0 Å². The Labute approximate surface area is 181 Å². The van der Waals surface area contributed by atoms with Gasteiger partial charge in [0.1, 0.15) is 11.4 Å². The minimum Gasteiger partial charge on any atom is -0.450 e. The fourth-order valence-corrected chi connectivity index (χ4v) is 4.26. The first-order chi connectivity index (χ1) is 15.0. The van der Waals surface area contributed by atoms with Gasteiger partial charge in [-0.2, -0.15) is 0 Å². The molecule has 0 saturated heterocycles. The summed E-state index contributed by atoms with van der Waals surface area (Å²) in [5.74, 6) is -0.961. The molecule has 8 heteroatoms. The van der Waals surface area contributed by atoms with E-state index in [1.54, 1.807) is 42.9 Å². The third-order valence-electron chi connectivity index (χ3n) is 5.50. The first kappa shape index (κ1) is 19.5. The van der Waals surface area contributed by atoms with Gasteiger partial charge >= 0.3 is 0 Å². The van der Waals surface area contributed by atoms with E-state index in [9.17, 15) is 14.0 Å². The summed E-state index contributed by atoms with van der Waals surface area (Å²) in [6, 6.07) is 9.96. The average Bonchev–Trinajstić information content (AvgIpc) is 3.37. The lowest BCUT2D eigenvalue weighted by Gasteiger charge is -2.25. The Morgan fingerprint density at radius 2 is 1.97 bits per heavy atom. The van der Waals surface area contributed by atoms with E-state index >= 15 is 0 Å². The summed E-state index contributed by atoms with van der Waals surface area (Å²) in [5.41, 5.74) is 0.296. The Balaban J connectivity index is 1.63. The van der Waals surface area contributed by atoms with Crippen LogP contribution in [0.15, 0.2) is 70.4 Å². The molecule has 1 atom stereocenters. The quantitative estimate of drug-likeness (QED) is 0.463. The van der Waals surface area contributed by atoms with Gasteiger partial charge in [-0.05, 0) is 30.7 Å². The van der Waals surface area contributed by atoms with Crippen molar-refractivity contribution >= 4 is 28.5 Å². The molecule has 0 N–H and O–H groups in total. The number of carbonyl (C=O) groups is 1. The van der Waals surface area contributed by atoms with Crippen LogP contribution in [0.25, 0.3) is 11.0 Å². The summed E-state index contributed by atoms with van der Waals surface area (Å²) in [6.45, 7) is 0.944. The van der Waals surface area contributed by atoms with E-state index in [0.29, 0.717) is 24.5 Å². The number of halogens is 2. The molecule has 0 spiro atoms. The molecule has 1 aliphatic heterocycles. The first-order valence-electron chi connectivity index (χ1n) is 9.82. The number of nitrogens with zero attached hydrogens (tertiary/aromatic N) is 3. The Morgan fingerprint density at radius 1 is 1.13 bits per heavy atom. The first-order valence-corrected chi connectivity index (χ1v) is 10.2. The van der Waals surface area contributed by atoms with Crippen molar-refractivity contribution in [3.63, 3.8) is 0 Å². The van der Waals surface area contributed by atoms with E-state index in [0.717, 1.165) is 0 Å². The fraction of sp³-hybridized carbons (Fsp3) is 0.174. The van der Waals surface area contributed by atoms with Crippen molar-refractivity contribution in [2.45, 2.75) is 19.0 Å². The van der Waals surface area contributed by atoms with E-state index in [2.05, 4.69) is 4.98 Å². The van der Waals surface area contributed by atoms with Crippen LogP contribution in [0.5, 0.6) is 0 Å². The summed E-state index contributed by atoms with van der Waals surface area (Å²) < 4.78 is 22.5. The second kappa shape index (κ2) is 7.67. The van der Waals surface area contributed by atoms with Gasteiger partial charge in [0.2, 0.25) is 5.76 Å². The number of imidazole rings is 1. The Morgan fingerprint density at radius 3 is 2.74 bits per heavy atom. The molecular weight excluding hydrogens is 421 g/mol. The highest BCUT2D eigenvalue weighted by atomic mass is 35.5. The average molecular weight is 438 g/mol. The number of carbonyl (C=O) groups excluding carboxylic acids is 1. The second-order valence-electron chi connectivity index (χ2n) is 7.39. The lowest BCUT2D eigenvalue weighted by atomic mass is 9.98. The Kier molecular flexibility index (Phi) is 4.82. The number of aryl methyl sites for hydroxylation is 1. The van der Waals surface area contributed by atoms with E-state index in [-0.39, 0.29) is 33.3 Å². The standard InChI is InChI=1S/C23H17ClFN3O3/c24-14-6-7-18-16(12-14)21(29)19-20(15-4-1-2-5-17(15)25)28(23(30)22(19)31-18)10-3-9-27-11-8-26-13-27/h1-2,4-8,11-13,20H,3,9-10H2. The van der Waals surface area contributed by atoms with Crippen molar-refractivity contribution in [2.24, 2.45) is 0 Å². The third kappa shape index (κ3) is 3.31. The fourth-order valence-electron chi connectivity index (χ4n) is 4.09. The molecule has 0 aliphatic carbocycles. The summed E-state index contributed by atoms with van der Waals surface area (Å²) in [4.78, 5) is 32.2. The molecule has 3 heterocycles. The van der Waals surface area contributed by atoms with Crippen LogP contribution in [0.2, 0.25) is 5.02 Å². The van der Waals surface area contributed by atoms with Gasteiger partial charge in [0.25, 0.3) is 5.91 Å². The number of fused-ring (bicyclic) bond motifs is 2. The van der Waals surface area contributed by atoms with E-state index < -0.39 is 17.8 Å². The maximum atomic E-state index is 14.8. The monoisotopic (exact) mass is 437 g/mol. The summed E-state index contributed by atoms with van der Waals surface area (Å²) in [7, 11) is 0. The minimum atomic E-state index is -0.869. The number of hydrogen-bond donors (Lipinski definition) is 0. The summed E-state index contributed by atoms with van der Waals surface area (Å²) in [5, 5.41) is 0.643. The Hall–Kier alpha value is -3.45. The topological polar surface area (TPSA) is 68.3 Å². The number of hydrogen-bond acceptors (Lipinski definition) is 4. The molecule has 2 aromatic carbocycles. The zero-order valence-corrected chi connectivity index (χ0v) is 17.1. The van der Waals surface area contributed by atoms with Crippen molar-refractivity contribution in [2.75, 3.05) is 6.54 Å². The summed E-state index contributed by atoms with van der Waals surface area (Å²) in [6.07, 6.45) is 5.80. The molecule has 31 heavy (non-hydrogen) atoms. The molecule has 5 rings (SSSR count). The van der Waals surface area contributed by atoms with Crippen LogP contribution in [0.1, 0.15) is 34.1 Å². The Bertz CT molecular complexity index is 1350. The van der Waals surface area contributed by atoms with Crippen molar-refractivity contribution in [1.82, 2.24) is 14.5 Å². The normalized spacial score (nSPS) is 15.6. The number of amides is 1. The number of rotatable bonds is 5. The predicted molar refractivity (Wildman–Crippen MR) is 114 cm³/mol. The third-order valence-corrected chi connectivity index (χ3v) is 5.74. The van der Waals surface area contributed by atoms with Gasteiger partial charge in [0.15, 0.2) is 5.43 Å². The van der Waals surface area contributed by atoms with Crippen molar-refractivity contribution < 1.29 is 13.6 Å². The van der Waals surface area contributed by atoms with Crippen LogP contribution in [-0.4, -0.2) is 26.9 Å². The number of aromatic nitrogens is 2. The molecule has 156 valence electrons. The highest BCUT2D eigenvalue weighted by molar-refractivity contribution is 6.31. The minimum absolute atomic E-state index is 0.0456. The molecular formula is C23H17ClFN3O3. The van der Waals surface area contributed by atoms with Gasteiger partial charge in [0.05, 0.1) is 23.3 Å². The SMILES string of the molecule is O=C1c2oc3ccc(Cl)cc3c(=O)c2C(c2ccccc2F)N1CCCn1ccnc1. The molecule has 0 radical (unpaired) electrons. The zero-order valence-electron chi connectivity index (χ0n) is 16.3. The maximum absolute atomic E-state index is 14.8. The molecule has 1 amide bonds. The largest absolute Gasteiger partial charge is 0.450 e. The zero-order chi connectivity index (χ0) is 21.5. The van der Waals surface area contributed by atoms with Crippen molar-refractivity contribution in [3.8, 4) is 0 Å². The maximum Gasteiger partial charge on any atom is 0.290 e. The van der Waals surface area contributed by atoms with Crippen molar-refractivity contribution in [3.05, 3.63) is 99.1 Å². The van der Waals surface area contributed by atoms with Gasteiger partial charge in [-0.25, -0.2) is 9.37 Å². The molecule has 0 fully saturated rings. The molecule has 2 aromatic heterocycles. The predicted octanol–water partition coefficient (Wildman–Crippen LogP) is 4.42. The number of benzene rings is 2. The van der Waals surface area contributed by atoms with E-state index in [4.69, 9.17) is 16.0 Å². The van der Waals surface area contributed by atoms with Gasteiger partial charge in [0, 0.05) is 36.1 Å². The van der Waals surface area contributed by atoms with Gasteiger partial charge < -0.3 is 13.9 Å². The van der Waals surface area contributed by atoms with Crippen molar-refractivity contribution in [1.29, 1.82) is 0 Å². The lowest BCUT2D eigenvalue weighted by Crippen LogP contribution is -2.31. The molecule has 4 aromatic rings. The van der Waals surface area contributed by atoms with Gasteiger partial charge in [-0.1, -0.05) is 29.8 Å². The molecule has 6 nitrogen and oxygen atoms in total. The lowest BCUT2D eigenvalue weighted by molar-refractivity contribution is 0.0722. The molecule has 1 aliphatic rings. The summed E-state index contributed by atoms with van der Waals surface area (Å²) >= 11 is 6.07.